The highest BCUT2D eigenvalue weighted by atomic mass is 16.5. The number of carbonyl (C=O) groups is 2. The molecule has 0 fully saturated rings. The molecular formula is C22H18O4. The van der Waals surface area contributed by atoms with Gasteiger partial charge < -0.3 is 9.47 Å². The van der Waals surface area contributed by atoms with E-state index in [9.17, 15) is 9.59 Å². The normalized spacial score (nSPS) is 10.2. The molecule has 26 heavy (non-hydrogen) atoms. The second kappa shape index (κ2) is 7.66. The molecular weight excluding hydrogens is 328 g/mol. The Morgan fingerprint density at radius 2 is 0.962 bits per heavy atom. The lowest BCUT2D eigenvalue weighted by molar-refractivity contribution is 0.0719. The Morgan fingerprint density at radius 1 is 0.615 bits per heavy atom. The van der Waals surface area contributed by atoms with Crippen molar-refractivity contribution < 1.29 is 19.1 Å². The van der Waals surface area contributed by atoms with E-state index in [2.05, 4.69) is 0 Å². The molecule has 0 amide bonds. The van der Waals surface area contributed by atoms with Gasteiger partial charge in [0.1, 0.15) is 11.5 Å². The van der Waals surface area contributed by atoms with E-state index in [0.29, 0.717) is 33.8 Å². The lowest BCUT2D eigenvalue weighted by Gasteiger charge is -2.12. The van der Waals surface area contributed by atoms with Crippen LogP contribution in [0.1, 0.15) is 31.8 Å². The molecule has 3 aromatic carbocycles. The number of hydrogen-bond acceptors (Lipinski definition) is 4. The number of rotatable bonds is 4. The maximum absolute atomic E-state index is 12.4. The summed E-state index contributed by atoms with van der Waals surface area (Å²) >= 11 is 0. The van der Waals surface area contributed by atoms with Gasteiger partial charge in [-0.05, 0) is 61.4 Å². The average Bonchev–Trinajstić information content (AvgIpc) is 2.64. The lowest BCUT2D eigenvalue weighted by atomic mass is 10.00. The Morgan fingerprint density at radius 3 is 1.31 bits per heavy atom. The van der Waals surface area contributed by atoms with Gasteiger partial charge in [0.2, 0.25) is 0 Å². The fourth-order valence-corrected chi connectivity index (χ4v) is 2.56. The van der Waals surface area contributed by atoms with Crippen LogP contribution in [0.2, 0.25) is 0 Å². The highest BCUT2D eigenvalue weighted by Gasteiger charge is 2.18. The van der Waals surface area contributed by atoms with Crippen LogP contribution in [0.15, 0.2) is 72.8 Å². The van der Waals surface area contributed by atoms with Crippen molar-refractivity contribution in [3.05, 3.63) is 95.1 Å². The zero-order valence-electron chi connectivity index (χ0n) is 14.6. The lowest BCUT2D eigenvalue weighted by Crippen LogP contribution is -2.15. The monoisotopic (exact) mass is 346 g/mol. The molecule has 0 bridgehead atoms. The smallest absolute Gasteiger partial charge is 0.343 e. The molecule has 0 unspecified atom stereocenters. The number of hydrogen-bond donors (Lipinski definition) is 0. The van der Waals surface area contributed by atoms with Crippen molar-refractivity contribution in [1.82, 2.24) is 0 Å². The van der Waals surface area contributed by atoms with Gasteiger partial charge in [-0.1, -0.05) is 36.4 Å². The van der Waals surface area contributed by atoms with Gasteiger partial charge in [-0.3, -0.25) is 0 Å². The third-order valence-electron chi connectivity index (χ3n) is 3.92. The maximum Gasteiger partial charge on any atom is 0.343 e. The summed E-state index contributed by atoms with van der Waals surface area (Å²) in [5, 5.41) is 0. The topological polar surface area (TPSA) is 52.6 Å². The van der Waals surface area contributed by atoms with E-state index >= 15 is 0 Å². The summed E-state index contributed by atoms with van der Waals surface area (Å²) in [6.45, 7) is 3.53. The zero-order valence-corrected chi connectivity index (χ0v) is 14.6. The van der Waals surface area contributed by atoms with Crippen LogP contribution in [0.4, 0.5) is 0 Å². The Labute approximate surface area is 152 Å². The molecule has 0 spiro atoms. The molecule has 0 saturated carbocycles. The molecule has 4 heteroatoms. The fourth-order valence-electron chi connectivity index (χ4n) is 2.56. The van der Waals surface area contributed by atoms with Gasteiger partial charge in [0.05, 0.1) is 11.1 Å². The van der Waals surface area contributed by atoms with Crippen molar-refractivity contribution in [3.63, 3.8) is 0 Å². The maximum atomic E-state index is 12.4. The Balaban J connectivity index is 1.81. The van der Waals surface area contributed by atoms with Gasteiger partial charge in [0, 0.05) is 0 Å². The zero-order chi connectivity index (χ0) is 18.5. The quantitative estimate of drug-likeness (QED) is 0.506. The highest BCUT2D eigenvalue weighted by molar-refractivity contribution is 5.97. The average molecular weight is 346 g/mol. The van der Waals surface area contributed by atoms with Crippen molar-refractivity contribution in [2.75, 3.05) is 0 Å². The van der Waals surface area contributed by atoms with Gasteiger partial charge in [-0.15, -0.1) is 0 Å². The van der Waals surface area contributed by atoms with Gasteiger partial charge in [-0.2, -0.15) is 0 Å². The first kappa shape index (κ1) is 17.4. The third kappa shape index (κ3) is 3.98. The largest absolute Gasteiger partial charge is 0.423 e. The van der Waals surface area contributed by atoms with Crippen LogP contribution < -0.4 is 9.47 Å². The van der Waals surface area contributed by atoms with Gasteiger partial charge in [0.25, 0.3) is 0 Å². The molecule has 0 heterocycles. The number of ether oxygens (including phenoxy) is 2. The van der Waals surface area contributed by atoms with Crippen molar-refractivity contribution in [3.8, 4) is 11.5 Å². The van der Waals surface area contributed by atoms with Crippen LogP contribution >= 0.6 is 0 Å². The fraction of sp³-hybridized carbons (Fsp3) is 0.0909. The van der Waals surface area contributed by atoms with E-state index in [-0.39, 0.29) is 0 Å². The number of para-hydroxylation sites is 2. The molecule has 0 aliphatic heterocycles. The molecule has 3 aromatic rings. The van der Waals surface area contributed by atoms with Crippen LogP contribution in [-0.4, -0.2) is 11.9 Å². The summed E-state index contributed by atoms with van der Waals surface area (Å²) in [6.07, 6.45) is 0. The van der Waals surface area contributed by atoms with Crippen LogP contribution in [0.25, 0.3) is 0 Å². The van der Waals surface area contributed by atoms with Gasteiger partial charge >= 0.3 is 11.9 Å². The molecule has 0 aromatic heterocycles. The number of esters is 2. The minimum absolute atomic E-state index is 0.419. The Hall–Kier alpha value is -3.40. The molecule has 3 rings (SSSR count). The first-order valence-electron chi connectivity index (χ1n) is 8.20. The van der Waals surface area contributed by atoms with Crippen molar-refractivity contribution >= 4 is 11.9 Å². The Kier molecular flexibility index (Phi) is 5.13. The Bertz CT molecular complexity index is 852. The summed E-state index contributed by atoms with van der Waals surface area (Å²) < 4.78 is 10.8. The summed E-state index contributed by atoms with van der Waals surface area (Å²) in [7, 11) is 0. The van der Waals surface area contributed by atoms with Crippen molar-refractivity contribution in [1.29, 1.82) is 0 Å². The minimum Gasteiger partial charge on any atom is -0.423 e. The van der Waals surface area contributed by atoms with E-state index in [1.54, 1.807) is 74.5 Å². The molecule has 130 valence electrons. The molecule has 0 atom stereocenters. The second-order valence-electron chi connectivity index (χ2n) is 5.89. The van der Waals surface area contributed by atoms with E-state index in [1.807, 2.05) is 12.1 Å². The third-order valence-corrected chi connectivity index (χ3v) is 3.92. The van der Waals surface area contributed by atoms with Crippen molar-refractivity contribution in [2.24, 2.45) is 0 Å². The highest BCUT2D eigenvalue weighted by Crippen LogP contribution is 2.21. The van der Waals surface area contributed by atoms with Crippen LogP contribution in [-0.2, 0) is 0 Å². The predicted octanol–water partition coefficient (Wildman–Crippen LogP) is 4.74. The van der Waals surface area contributed by atoms with Crippen LogP contribution in [0, 0.1) is 13.8 Å². The number of aryl methyl sites for hydroxylation is 2. The molecule has 0 radical (unpaired) electrons. The first-order valence-corrected chi connectivity index (χ1v) is 8.20. The standard InChI is InChI=1S/C22H18O4/c1-15-13-20(22(24)26-18-11-7-4-8-12-18)16(2)14-19(15)21(23)25-17-9-5-3-6-10-17/h3-14H,1-2H3. The van der Waals surface area contributed by atoms with E-state index in [0.717, 1.165) is 0 Å². The molecule has 4 nitrogen and oxygen atoms in total. The minimum atomic E-state index is -0.459. The first-order chi connectivity index (χ1) is 12.5. The number of carbonyl (C=O) groups excluding carboxylic acids is 2. The molecule has 0 N–H and O–H groups in total. The summed E-state index contributed by atoms with van der Waals surface area (Å²) in [5.74, 6) is 0.0313. The predicted molar refractivity (Wildman–Crippen MR) is 98.7 cm³/mol. The van der Waals surface area contributed by atoms with Crippen molar-refractivity contribution in [2.45, 2.75) is 13.8 Å². The molecule has 0 saturated heterocycles. The molecule has 0 aliphatic carbocycles. The molecule has 0 aliphatic rings. The van der Waals surface area contributed by atoms with Gasteiger partial charge in [-0.25, -0.2) is 9.59 Å². The van der Waals surface area contributed by atoms with E-state index < -0.39 is 11.9 Å². The summed E-state index contributed by atoms with van der Waals surface area (Å²) in [6, 6.07) is 21.0. The van der Waals surface area contributed by atoms with E-state index in [4.69, 9.17) is 9.47 Å². The van der Waals surface area contributed by atoms with Crippen LogP contribution in [0.3, 0.4) is 0 Å². The van der Waals surface area contributed by atoms with Gasteiger partial charge in [0.15, 0.2) is 0 Å². The second-order valence-corrected chi connectivity index (χ2v) is 5.89. The van der Waals surface area contributed by atoms with E-state index in [1.165, 1.54) is 0 Å². The summed E-state index contributed by atoms with van der Waals surface area (Å²) in [4.78, 5) is 24.8. The number of benzene rings is 3. The SMILES string of the molecule is Cc1cc(C(=O)Oc2ccccc2)c(C)cc1C(=O)Oc1ccccc1. The summed E-state index contributed by atoms with van der Waals surface area (Å²) in [5.41, 5.74) is 2.14. The van der Waals surface area contributed by atoms with Crippen LogP contribution in [0.5, 0.6) is 11.5 Å².